The van der Waals surface area contributed by atoms with Crippen LogP contribution in [0.3, 0.4) is 0 Å². The molecule has 2 unspecified atom stereocenters. The van der Waals surface area contributed by atoms with Crippen molar-refractivity contribution in [1.82, 2.24) is 10.6 Å². The number of piperazine rings is 1. The van der Waals surface area contributed by atoms with E-state index in [4.69, 9.17) is 0 Å². The molecule has 2 rings (SSSR count). The van der Waals surface area contributed by atoms with Gasteiger partial charge in [0.2, 0.25) is 5.91 Å². The Morgan fingerprint density at radius 1 is 1.39 bits per heavy atom. The molecule has 0 saturated carbocycles. The lowest BCUT2D eigenvalue weighted by Gasteiger charge is -2.28. The predicted octanol–water partition coefficient (Wildman–Crippen LogP) is 1.02. The number of halogens is 1. The Balaban J connectivity index is 2.00. The van der Waals surface area contributed by atoms with Crippen LogP contribution in [0.4, 0.5) is 10.1 Å². The fraction of sp³-hybridized carbons (Fsp3) is 0.462. The zero-order valence-electron chi connectivity index (χ0n) is 10.6. The number of benzene rings is 1. The summed E-state index contributed by atoms with van der Waals surface area (Å²) < 4.78 is 13.5. The first kappa shape index (κ1) is 13.0. The van der Waals surface area contributed by atoms with Crippen LogP contribution >= 0.6 is 0 Å². The van der Waals surface area contributed by atoms with E-state index in [0.717, 1.165) is 12.1 Å². The van der Waals surface area contributed by atoms with Gasteiger partial charge in [0, 0.05) is 19.1 Å². The Labute approximate surface area is 106 Å². The van der Waals surface area contributed by atoms with Crippen molar-refractivity contribution >= 4 is 11.6 Å². The number of amides is 1. The fourth-order valence-electron chi connectivity index (χ4n) is 1.92. The van der Waals surface area contributed by atoms with Gasteiger partial charge in [-0.2, -0.15) is 0 Å². The van der Waals surface area contributed by atoms with Crippen molar-refractivity contribution in [3.63, 3.8) is 0 Å². The molecule has 1 aromatic rings. The highest BCUT2D eigenvalue weighted by atomic mass is 19.1. The van der Waals surface area contributed by atoms with E-state index in [-0.39, 0.29) is 17.6 Å². The molecule has 1 aliphatic heterocycles. The molecule has 1 heterocycles. The largest absolute Gasteiger partial charge is 0.322 e. The second kappa shape index (κ2) is 5.46. The molecule has 5 heteroatoms. The minimum Gasteiger partial charge on any atom is -0.322 e. The molecule has 0 radical (unpaired) electrons. The van der Waals surface area contributed by atoms with Gasteiger partial charge in [0.25, 0.3) is 0 Å². The Morgan fingerprint density at radius 3 is 2.83 bits per heavy atom. The van der Waals surface area contributed by atoms with Crippen LogP contribution in [-0.4, -0.2) is 31.1 Å². The van der Waals surface area contributed by atoms with Crippen molar-refractivity contribution in [1.29, 1.82) is 0 Å². The molecular weight excluding hydrogens is 233 g/mol. The summed E-state index contributed by atoms with van der Waals surface area (Å²) in [6.45, 7) is 5.19. The van der Waals surface area contributed by atoms with E-state index < -0.39 is 5.82 Å². The molecular formula is C13H18FN3O. The van der Waals surface area contributed by atoms with Crippen LogP contribution in [0.5, 0.6) is 0 Å². The van der Waals surface area contributed by atoms with Crippen molar-refractivity contribution in [2.75, 3.05) is 18.4 Å². The Morgan fingerprint density at radius 2 is 2.17 bits per heavy atom. The van der Waals surface area contributed by atoms with E-state index in [9.17, 15) is 9.18 Å². The first-order valence-corrected chi connectivity index (χ1v) is 6.10. The third kappa shape index (κ3) is 3.05. The van der Waals surface area contributed by atoms with Crippen molar-refractivity contribution in [2.45, 2.75) is 25.9 Å². The summed E-state index contributed by atoms with van der Waals surface area (Å²) in [5.41, 5.74) is 1.15. The summed E-state index contributed by atoms with van der Waals surface area (Å²) in [5.74, 6) is -0.620. The number of aryl methyl sites for hydroxylation is 1. The maximum Gasteiger partial charge on any atom is 0.242 e. The van der Waals surface area contributed by atoms with Gasteiger partial charge >= 0.3 is 0 Å². The monoisotopic (exact) mass is 251 g/mol. The molecule has 4 nitrogen and oxygen atoms in total. The van der Waals surface area contributed by atoms with E-state index in [2.05, 4.69) is 16.0 Å². The van der Waals surface area contributed by atoms with Crippen molar-refractivity contribution in [3.05, 3.63) is 29.6 Å². The summed E-state index contributed by atoms with van der Waals surface area (Å²) in [6, 6.07) is 4.70. The highest BCUT2D eigenvalue weighted by Crippen LogP contribution is 2.15. The third-order valence-electron chi connectivity index (χ3n) is 3.04. The second-order valence-corrected chi connectivity index (χ2v) is 4.74. The minimum atomic E-state index is -0.411. The maximum atomic E-state index is 13.5. The molecule has 98 valence electrons. The SMILES string of the molecule is Cc1ccc(F)c(NC(=O)C2CNC(C)CN2)c1. The highest BCUT2D eigenvalue weighted by Gasteiger charge is 2.23. The molecule has 0 bridgehead atoms. The van der Waals surface area contributed by atoms with Gasteiger partial charge in [-0.25, -0.2) is 4.39 Å². The van der Waals surface area contributed by atoms with E-state index in [0.29, 0.717) is 12.6 Å². The van der Waals surface area contributed by atoms with E-state index >= 15 is 0 Å². The second-order valence-electron chi connectivity index (χ2n) is 4.74. The molecule has 1 aromatic carbocycles. The van der Waals surface area contributed by atoms with Crippen molar-refractivity contribution in [3.8, 4) is 0 Å². The summed E-state index contributed by atoms with van der Waals surface area (Å²) >= 11 is 0. The molecule has 0 aliphatic carbocycles. The van der Waals surface area contributed by atoms with Crippen molar-refractivity contribution in [2.24, 2.45) is 0 Å². The van der Waals surface area contributed by atoms with Gasteiger partial charge in [-0.3, -0.25) is 4.79 Å². The van der Waals surface area contributed by atoms with Crippen LogP contribution in [0.2, 0.25) is 0 Å². The predicted molar refractivity (Wildman–Crippen MR) is 69.0 cm³/mol. The summed E-state index contributed by atoms with van der Waals surface area (Å²) in [5, 5.41) is 8.95. The maximum absolute atomic E-state index is 13.5. The Hall–Kier alpha value is -1.46. The van der Waals surface area contributed by atoms with E-state index in [1.54, 1.807) is 12.1 Å². The van der Waals surface area contributed by atoms with Crippen LogP contribution in [0.15, 0.2) is 18.2 Å². The first-order valence-electron chi connectivity index (χ1n) is 6.10. The molecule has 1 fully saturated rings. The molecule has 3 N–H and O–H groups in total. The van der Waals surface area contributed by atoms with E-state index in [1.165, 1.54) is 6.07 Å². The smallest absolute Gasteiger partial charge is 0.242 e. The fourth-order valence-corrected chi connectivity index (χ4v) is 1.92. The number of anilines is 1. The lowest BCUT2D eigenvalue weighted by Crippen LogP contribution is -2.57. The first-order chi connectivity index (χ1) is 8.56. The molecule has 0 spiro atoms. The molecule has 1 saturated heterocycles. The van der Waals surface area contributed by atoms with Gasteiger partial charge in [-0.05, 0) is 31.5 Å². The summed E-state index contributed by atoms with van der Waals surface area (Å²) in [7, 11) is 0. The Kier molecular flexibility index (Phi) is 3.93. The summed E-state index contributed by atoms with van der Waals surface area (Å²) in [4.78, 5) is 12.0. The van der Waals surface area contributed by atoms with Gasteiger partial charge in [-0.1, -0.05) is 6.07 Å². The molecule has 1 amide bonds. The van der Waals surface area contributed by atoms with Gasteiger partial charge in [-0.15, -0.1) is 0 Å². The van der Waals surface area contributed by atoms with Crippen molar-refractivity contribution < 1.29 is 9.18 Å². The molecule has 2 atom stereocenters. The van der Waals surface area contributed by atoms with Crippen LogP contribution in [0.25, 0.3) is 0 Å². The zero-order chi connectivity index (χ0) is 13.1. The quantitative estimate of drug-likeness (QED) is 0.735. The average molecular weight is 251 g/mol. The standard InChI is InChI=1S/C13H18FN3O/c1-8-3-4-10(14)11(5-8)17-13(18)12-7-15-9(2)6-16-12/h3-5,9,12,15-16H,6-7H2,1-2H3,(H,17,18). The van der Waals surface area contributed by atoms with Gasteiger partial charge in [0.05, 0.1) is 11.7 Å². The van der Waals surface area contributed by atoms with E-state index in [1.807, 2.05) is 13.8 Å². The van der Waals surface area contributed by atoms with Crippen LogP contribution in [-0.2, 0) is 4.79 Å². The lowest BCUT2D eigenvalue weighted by atomic mass is 10.1. The number of carbonyl (C=O) groups is 1. The minimum absolute atomic E-state index is 0.209. The van der Waals surface area contributed by atoms with Gasteiger partial charge in [0.15, 0.2) is 0 Å². The topological polar surface area (TPSA) is 53.2 Å². The normalized spacial score (nSPS) is 23.7. The number of hydrogen-bond donors (Lipinski definition) is 3. The number of carbonyl (C=O) groups excluding carboxylic acids is 1. The number of rotatable bonds is 2. The van der Waals surface area contributed by atoms with Gasteiger partial charge in [0.1, 0.15) is 5.82 Å². The third-order valence-corrected chi connectivity index (χ3v) is 3.04. The van der Waals surface area contributed by atoms with Crippen LogP contribution < -0.4 is 16.0 Å². The highest BCUT2D eigenvalue weighted by molar-refractivity contribution is 5.95. The average Bonchev–Trinajstić information content (AvgIpc) is 2.34. The zero-order valence-corrected chi connectivity index (χ0v) is 10.6. The molecule has 0 aromatic heterocycles. The number of hydrogen-bond acceptors (Lipinski definition) is 3. The lowest BCUT2D eigenvalue weighted by molar-refractivity contribution is -0.118. The van der Waals surface area contributed by atoms with Crippen LogP contribution in [0.1, 0.15) is 12.5 Å². The summed E-state index contributed by atoms with van der Waals surface area (Å²) in [6.07, 6.45) is 0. The van der Waals surface area contributed by atoms with Gasteiger partial charge < -0.3 is 16.0 Å². The Bertz CT molecular complexity index is 442. The number of nitrogens with one attached hydrogen (secondary N) is 3. The van der Waals surface area contributed by atoms with Crippen LogP contribution in [0, 0.1) is 12.7 Å². The molecule has 1 aliphatic rings. The molecule has 18 heavy (non-hydrogen) atoms.